The minimum Gasteiger partial charge on any atom is -0.494 e. The second-order valence-electron chi connectivity index (χ2n) is 9.77. The fourth-order valence-corrected chi connectivity index (χ4v) is 5.40. The average molecular weight is 496 g/mol. The number of H-pyrrole nitrogens is 1. The van der Waals surface area contributed by atoms with Gasteiger partial charge in [0, 0.05) is 53.7 Å². The van der Waals surface area contributed by atoms with Crippen molar-refractivity contribution in [2.24, 2.45) is 5.92 Å². The van der Waals surface area contributed by atoms with E-state index in [9.17, 15) is 4.79 Å². The summed E-state index contributed by atoms with van der Waals surface area (Å²) in [5.41, 5.74) is 4.48. The fourth-order valence-electron chi connectivity index (χ4n) is 5.23. The number of carbonyl (C=O) groups is 1. The molecule has 2 aliphatic heterocycles. The highest BCUT2D eigenvalue weighted by atomic mass is 35.5. The van der Waals surface area contributed by atoms with Crippen LogP contribution in [0.4, 0.5) is 0 Å². The molecule has 0 bridgehead atoms. The van der Waals surface area contributed by atoms with Crippen LogP contribution < -0.4 is 4.74 Å². The SMILES string of the molecule is CC(C)C(=O)N1CCc2c([nH]c3ccc(Cl)cc23)C1c1ccc(OCCCN2CCOCC2)cc1. The third-order valence-corrected chi connectivity index (χ3v) is 7.29. The second-order valence-corrected chi connectivity index (χ2v) is 10.2. The van der Waals surface area contributed by atoms with Crippen molar-refractivity contribution in [2.75, 3.05) is 46.0 Å². The van der Waals surface area contributed by atoms with Gasteiger partial charge < -0.3 is 19.4 Å². The molecule has 0 spiro atoms. The van der Waals surface area contributed by atoms with E-state index in [1.807, 2.05) is 49.1 Å². The van der Waals surface area contributed by atoms with Gasteiger partial charge in [0.15, 0.2) is 0 Å². The van der Waals surface area contributed by atoms with Crippen molar-refractivity contribution in [1.82, 2.24) is 14.8 Å². The summed E-state index contributed by atoms with van der Waals surface area (Å²) >= 11 is 6.31. The Bertz CT molecular complexity index is 1170. The Morgan fingerprint density at radius 2 is 1.91 bits per heavy atom. The van der Waals surface area contributed by atoms with Crippen molar-refractivity contribution in [3.8, 4) is 5.75 Å². The lowest BCUT2D eigenvalue weighted by Gasteiger charge is -2.37. The number of ether oxygens (including phenoxy) is 2. The molecular formula is C28H34ClN3O3. The van der Waals surface area contributed by atoms with Crippen LogP contribution in [0.5, 0.6) is 5.75 Å². The number of aromatic nitrogens is 1. The highest BCUT2D eigenvalue weighted by Gasteiger charge is 2.35. The molecule has 3 heterocycles. The van der Waals surface area contributed by atoms with Crippen molar-refractivity contribution < 1.29 is 14.3 Å². The van der Waals surface area contributed by atoms with Gasteiger partial charge in [0.1, 0.15) is 5.75 Å². The first-order valence-corrected chi connectivity index (χ1v) is 13.0. The first-order valence-electron chi connectivity index (χ1n) is 12.6. The molecule has 0 aliphatic carbocycles. The van der Waals surface area contributed by atoms with E-state index in [2.05, 4.69) is 22.0 Å². The highest BCUT2D eigenvalue weighted by molar-refractivity contribution is 6.31. The van der Waals surface area contributed by atoms with Gasteiger partial charge in [0.05, 0.1) is 25.9 Å². The maximum absolute atomic E-state index is 13.2. The third-order valence-electron chi connectivity index (χ3n) is 7.05. The van der Waals surface area contributed by atoms with Crippen LogP contribution in [-0.2, 0) is 16.0 Å². The van der Waals surface area contributed by atoms with E-state index in [0.717, 1.165) is 78.6 Å². The number of carbonyl (C=O) groups excluding carboxylic acids is 1. The molecular weight excluding hydrogens is 462 g/mol. The summed E-state index contributed by atoms with van der Waals surface area (Å²) in [5, 5.41) is 1.88. The molecule has 186 valence electrons. The second kappa shape index (κ2) is 10.6. The molecule has 1 saturated heterocycles. The van der Waals surface area contributed by atoms with Crippen molar-refractivity contribution >= 4 is 28.4 Å². The van der Waals surface area contributed by atoms with Gasteiger partial charge in [-0.2, -0.15) is 0 Å². The summed E-state index contributed by atoms with van der Waals surface area (Å²) < 4.78 is 11.4. The smallest absolute Gasteiger partial charge is 0.225 e. The standard InChI is InChI=1S/C28H34ClN3O3/c1-19(2)28(33)32-12-10-23-24-18-21(29)6-9-25(24)30-26(23)27(32)20-4-7-22(8-5-20)35-15-3-11-31-13-16-34-17-14-31/h4-9,18-19,27,30H,3,10-17H2,1-2H3. The first-order chi connectivity index (χ1) is 17.0. The predicted molar refractivity (Wildman–Crippen MR) is 139 cm³/mol. The largest absolute Gasteiger partial charge is 0.494 e. The van der Waals surface area contributed by atoms with E-state index in [1.54, 1.807) is 0 Å². The molecule has 35 heavy (non-hydrogen) atoms. The molecule has 1 N–H and O–H groups in total. The monoisotopic (exact) mass is 495 g/mol. The van der Waals surface area contributed by atoms with E-state index in [-0.39, 0.29) is 17.9 Å². The Kier molecular flexibility index (Phi) is 7.32. The maximum atomic E-state index is 13.2. The van der Waals surface area contributed by atoms with Crippen molar-refractivity contribution in [1.29, 1.82) is 0 Å². The number of nitrogens with one attached hydrogen (secondary N) is 1. The zero-order chi connectivity index (χ0) is 24.4. The summed E-state index contributed by atoms with van der Waals surface area (Å²) in [5.74, 6) is 0.963. The number of benzene rings is 2. The van der Waals surface area contributed by atoms with Crippen LogP contribution in [0.15, 0.2) is 42.5 Å². The van der Waals surface area contributed by atoms with Crippen LogP contribution in [-0.4, -0.2) is 66.7 Å². The maximum Gasteiger partial charge on any atom is 0.225 e. The van der Waals surface area contributed by atoms with Crippen LogP contribution in [0.1, 0.15) is 43.1 Å². The van der Waals surface area contributed by atoms with Crippen LogP contribution >= 0.6 is 11.6 Å². The van der Waals surface area contributed by atoms with E-state index in [0.29, 0.717) is 13.2 Å². The minimum absolute atomic E-state index is 0.0630. The van der Waals surface area contributed by atoms with Gasteiger partial charge in [-0.3, -0.25) is 9.69 Å². The molecule has 7 heteroatoms. The number of nitrogens with zero attached hydrogens (tertiary/aromatic N) is 2. The molecule has 2 aliphatic rings. The van der Waals surface area contributed by atoms with Gasteiger partial charge in [-0.25, -0.2) is 0 Å². The average Bonchev–Trinajstić information content (AvgIpc) is 3.24. The Morgan fingerprint density at radius 1 is 1.14 bits per heavy atom. The summed E-state index contributed by atoms with van der Waals surface area (Å²) in [6.07, 6.45) is 1.80. The van der Waals surface area contributed by atoms with Gasteiger partial charge in [0.2, 0.25) is 5.91 Å². The van der Waals surface area contributed by atoms with Crippen LogP contribution in [0, 0.1) is 5.92 Å². The first kappa shape index (κ1) is 24.2. The van der Waals surface area contributed by atoms with Gasteiger partial charge in [-0.15, -0.1) is 0 Å². The molecule has 5 rings (SSSR count). The Balaban J connectivity index is 1.35. The number of amides is 1. The summed E-state index contributed by atoms with van der Waals surface area (Å²) in [6.45, 7) is 9.99. The molecule has 1 amide bonds. The summed E-state index contributed by atoms with van der Waals surface area (Å²) in [6, 6.07) is 14.0. The lowest BCUT2D eigenvalue weighted by Crippen LogP contribution is -2.42. The molecule has 0 radical (unpaired) electrons. The Morgan fingerprint density at radius 3 is 2.66 bits per heavy atom. The molecule has 2 aromatic carbocycles. The lowest BCUT2D eigenvalue weighted by molar-refractivity contribution is -0.136. The molecule has 0 saturated carbocycles. The number of halogens is 1. The zero-order valence-corrected chi connectivity index (χ0v) is 21.3. The number of hydrogen-bond donors (Lipinski definition) is 1. The van der Waals surface area contributed by atoms with Crippen molar-refractivity contribution in [3.63, 3.8) is 0 Å². The van der Waals surface area contributed by atoms with Crippen LogP contribution in [0.25, 0.3) is 10.9 Å². The van der Waals surface area contributed by atoms with Gasteiger partial charge >= 0.3 is 0 Å². The minimum atomic E-state index is -0.157. The van der Waals surface area contributed by atoms with E-state index < -0.39 is 0 Å². The topological polar surface area (TPSA) is 57.8 Å². The molecule has 1 fully saturated rings. The third kappa shape index (κ3) is 5.20. The number of hydrogen-bond acceptors (Lipinski definition) is 4. The quantitative estimate of drug-likeness (QED) is 0.466. The van der Waals surface area contributed by atoms with Crippen molar-refractivity contribution in [3.05, 3.63) is 64.3 Å². The molecule has 1 aromatic heterocycles. The number of aromatic amines is 1. The summed E-state index contributed by atoms with van der Waals surface area (Å²) in [4.78, 5) is 21.2. The van der Waals surface area contributed by atoms with Crippen molar-refractivity contribution in [2.45, 2.75) is 32.7 Å². The molecule has 6 nitrogen and oxygen atoms in total. The normalized spacial score (nSPS) is 18.7. The molecule has 1 atom stereocenters. The Hall–Kier alpha value is -2.54. The molecule has 3 aromatic rings. The Labute approximate surface area is 212 Å². The van der Waals surface area contributed by atoms with Gasteiger partial charge in [-0.05, 0) is 54.3 Å². The van der Waals surface area contributed by atoms with Crippen LogP contribution in [0.2, 0.25) is 5.02 Å². The number of fused-ring (bicyclic) bond motifs is 3. The van der Waals surface area contributed by atoms with E-state index >= 15 is 0 Å². The predicted octanol–water partition coefficient (Wildman–Crippen LogP) is 5.05. The highest BCUT2D eigenvalue weighted by Crippen LogP contribution is 2.40. The summed E-state index contributed by atoms with van der Waals surface area (Å²) in [7, 11) is 0. The number of rotatable bonds is 7. The zero-order valence-electron chi connectivity index (χ0n) is 20.6. The fraction of sp³-hybridized carbons (Fsp3) is 0.464. The van der Waals surface area contributed by atoms with Gasteiger partial charge in [-0.1, -0.05) is 37.6 Å². The number of morpholine rings is 1. The van der Waals surface area contributed by atoms with Crippen LogP contribution in [0.3, 0.4) is 0 Å². The van der Waals surface area contributed by atoms with Gasteiger partial charge in [0.25, 0.3) is 0 Å². The molecule has 1 unspecified atom stereocenters. The van der Waals surface area contributed by atoms with E-state index in [4.69, 9.17) is 21.1 Å². The van der Waals surface area contributed by atoms with E-state index in [1.165, 1.54) is 5.56 Å². The lowest BCUT2D eigenvalue weighted by atomic mass is 9.91.